The lowest BCUT2D eigenvalue weighted by Crippen LogP contribution is -2.30. The van der Waals surface area contributed by atoms with Gasteiger partial charge in [0, 0.05) is 11.8 Å². The molecule has 0 fully saturated rings. The molecule has 0 aromatic carbocycles. The molecule has 0 aromatic rings. The van der Waals surface area contributed by atoms with E-state index in [0.717, 1.165) is 12.8 Å². The van der Waals surface area contributed by atoms with Gasteiger partial charge in [-0.3, -0.25) is 9.59 Å². The molecule has 2 rings (SSSR count). The summed E-state index contributed by atoms with van der Waals surface area (Å²) in [6.45, 7) is 3.84. The van der Waals surface area contributed by atoms with Gasteiger partial charge in [0.1, 0.15) is 0 Å². The maximum Gasteiger partial charge on any atom is 0.158 e. The Bertz CT molecular complexity index is 345. The van der Waals surface area contributed by atoms with E-state index in [1.54, 1.807) is 12.2 Å². The van der Waals surface area contributed by atoms with Crippen molar-refractivity contribution in [3.8, 4) is 0 Å². The van der Waals surface area contributed by atoms with Crippen molar-refractivity contribution in [1.82, 2.24) is 0 Å². The van der Waals surface area contributed by atoms with Gasteiger partial charge in [-0.1, -0.05) is 26.0 Å². The van der Waals surface area contributed by atoms with Gasteiger partial charge in [0.15, 0.2) is 11.6 Å². The van der Waals surface area contributed by atoms with E-state index in [4.69, 9.17) is 4.74 Å². The first-order valence-corrected chi connectivity index (χ1v) is 6.16. The van der Waals surface area contributed by atoms with Crippen molar-refractivity contribution in [1.29, 1.82) is 0 Å². The Balaban J connectivity index is 1.94. The molecule has 2 aliphatic rings. The fourth-order valence-electron chi connectivity index (χ4n) is 2.25. The first-order chi connectivity index (χ1) is 8.06. The van der Waals surface area contributed by atoms with Crippen LogP contribution in [0.25, 0.3) is 0 Å². The minimum Gasteiger partial charge on any atom is -0.367 e. The molecule has 0 aliphatic heterocycles. The predicted octanol–water partition coefficient (Wildman–Crippen LogP) is 2.07. The van der Waals surface area contributed by atoms with Gasteiger partial charge < -0.3 is 4.74 Å². The molecule has 0 bridgehead atoms. The lowest BCUT2D eigenvalue weighted by atomic mass is 9.91. The third kappa shape index (κ3) is 2.91. The third-order valence-electron chi connectivity index (χ3n) is 3.44. The van der Waals surface area contributed by atoms with Crippen LogP contribution in [-0.2, 0) is 14.3 Å². The average Bonchev–Trinajstić information content (AvgIpc) is 2.29. The van der Waals surface area contributed by atoms with Crippen molar-refractivity contribution >= 4 is 11.6 Å². The second kappa shape index (κ2) is 4.96. The van der Waals surface area contributed by atoms with E-state index in [9.17, 15) is 9.59 Å². The van der Waals surface area contributed by atoms with Crippen LogP contribution in [0.4, 0.5) is 0 Å². The molecule has 0 spiro atoms. The summed E-state index contributed by atoms with van der Waals surface area (Å²) in [6, 6.07) is 0. The molecule has 2 aliphatic carbocycles. The molecule has 0 unspecified atom stereocenters. The van der Waals surface area contributed by atoms with Crippen molar-refractivity contribution in [3.63, 3.8) is 0 Å². The summed E-state index contributed by atoms with van der Waals surface area (Å²) in [6.07, 6.45) is 8.36. The smallest absolute Gasteiger partial charge is 0.158 e. The number of ether oxygens (including phenoxy) is 1. The number of hydrogen-bond acceptors (Lipinski definition) is 3. The summed E-state index contributed by atoms with van der Waals surface area (Å²) in [4.78, 5) is 22.7. The summed E-state index contributed by atoms with van der Waals surface area (Å²) in [5, 5.41) is 0. The zero-order valence-electron chi connectivity index (χ0n) is 10.3. The highest BCUT2D eigenvalue weighted by atomic mass is 16.5. The van der Waals surface area contributed by atoms with Crippen molar-refractivity contribution < 1.29 is 14.3 Å². The fraction of sp³-hybridized carbons (Fsp3) is 0.571. The molecule has 92 valence electrons. The topological polar surface area (TPSA) is 43.4 Å². The Labute approximate surface area is 102 Å². The number of hydrogen-bond donors (Lipinski definition) is 0. The fourth-order valence-corrected chi connectivity index (χ4v) is 2.25. The normalized spacial score (nSPS) is 37.5. The number of ketones is 2. The van der Waals surface area contributed by atoms with Gasteiger partial charge in [0.2, 0.25) is 0 Å². The second-order valence-corrected chi connectivity index (χ2v) is 5.01. The first-order valence-electron chi connectivity index (χ1n) is 6.16. The van der Waals surface area contributed by atoms with Crippen LogP contribution in [0.5, 0.6) is 0 Å². The first kappa shape index (κ1) is 12.2. The van der Waals surface area contributed by atoms with Crippen LogP contribution in [-0.4, -0.2) is 23.8 Å². The predicted molar refractivity (Wildman–Crippen MR) is 64.5 cm³/mol. The van der Waals surface area contributed by atoms with Gasteiger partial charge in [-0.05, 0) is 25.0 Å². The van der Waals surface area contributed by atoms with Crippen LogP contribution >= 0.6 is 0 Å². The molecule has 4 atom stereocenters. The lowest BCUT2D eigenvalue weighted by molar-refractivity contribution is -0.120. The summed E-state index contributed by atoms with van der Waals surface area (Å²) in [5.41, 5.74) is 0. The molecular formula is C14H18O3. The quantitative estimate of drug-likeness (QED) is 0.734. The monoisotopic (exact) mass is 234 g/mol. The highest BCUT2D eigenvalue weighted by Gasteiger charge is 2.26. The number of carbonyl (C=O) groups is 2. The van der Waals surface area contributed by atoms with Crippen LogP contribution < -0.4 is 0 Å². The Morgan fingerprint density at radius 3 is 1.71 bits per heavy atom. The van der Waals surface area contributed by atoms with Crippen molar-refractivity contribution in [2.45, 2.75) is 38.9 Å². The summed E-state index contributed by atoms with van der Waals surface area (Å²) < 4.78 is 5.89. The molecule has 0 heterocycles. The summed E-state index contributed by atoms with van der Waals surface area (Å²) in [5.74, 6) is 0.424. The van der Waals surface area contributed by atoms with Gasteiger partial charge in [-0.2, -0.15) is 0 Å². The molecule has 3 nitrogen and oxygen atoms in total. The summed E-state index contributed by atoms with van der Waals surface area (Å²) >= 11 is 0. The third-order valence-corrected chi connectivity index (χ3v) is 3.44. The molecule has 3 heteroatoms. The number of allylic oxidation sites excluding steroid dienone is 2. The Morgan fingerprint density at radius 2 is 1.35 bits per heavy atom. The molecule has 17 heavy (non-hydrogen) atoms. The highest BCUT2D eigenvalue weighted by molar-refractivity contribution is 5.93. The molecule has 0 N–H and O–H groups in total. The van der Waals surface area contributed by atoms with Crippen molar-refractivity contribution in [2.24, 2.45) is 11.8 Å². The van der Waals surface area contributed by atoms with Crippen molar-refractivity contribution in [2.75, 3.05) is 0 Å². The number of carbonyl (C=O) groups excluding carboxylic acids is 2. The van der Waals surface area contributed by atoms with Gasteiger partial charge in [-0.15, -0.1) is 0 Å². The van der Waals surface area contributed by atoms with Crippen LogP contribution in [0.3, 0.4) is 0 Å². The standard InChI is InChI=1S/C14H18O3/c1-9-7-11(3-5-13(9)15)17-12-4-6-14(16)10(2)8-12/h3-6,9-12H,7-8H2,1-2H3/t9-,10-,11-,12+/m0/s1. The Hall–Kier alpha value is -1.22. The lowest BCUT2D eigenvalue weighted by Gasteiger charge is -2.28. The van der Waals surface area contributed by atoms with E-state index in [1.165, 1.54) is 0 Å². The van der Waals surface area contributed by atoms with E-state index >= 15 is 0 Å². The molecule has 0 aromatic heterocycles. The van der Waals surface area contributed by atoms with E-state index < -0.39 is 0 Å². The van der Waals surface area contributed by atoms with Crippen LogP contribution in [0, 0.1) is 11.8 Å². The van der Waals surface area contributed by atoms with Crippen molar-refractivity contribution in [3.05, 3.63) is 24.3 Å². The second-order valence-electron chi connectivity index (χ2n) is 5.01. The Kier molecular flexibility index (Phi) is 3.57. The van der Waals surface area contributed by atoms with Gasteiger partial charge in [0.25, 0.3) is 0 Å². The molecule has 0 radical (unpaired) electrons. The minimum atomic E-state index is -0.00208. The van der Waals surface area contributed by atoms with E-state index in [-0.39, 0.29) is 35.6 Å². The van der Waals surface area contributed by atoms with Gasteiger partial charge in [0.05, 0.1) is 12.2 Å². The maximum atomic E-state index is 11.3. The average molecular weight is 234 g/mol. The maximum absolute atomic E-state index is 11.3. The van der Waals surface area contributed by atoms with Crippen LogP contribution in [0.1, 0.15) is 26.7 Å². The van der Waals surface area contributed by atoms with E-state index in [0.29, 0.717) is 0 Å². The largest absolute Gasteiger partial charge is 0.367 e. The minimum absolute atomic E-state index is 0.00208. The zero-order chi connectivity index (χ0) is 12.4. The zero-order valence-corrected chi connectivity index (χ0v) is 10.3. The molecule has 0 saturated heterocycles. The molecule has 0 saturated carbocycles. The van der Waals surface area contributed by atoms with E-state index in [2.05, 4.69) is 0 Å². The summed E-state index contributed by atoms with van der Waals surface area (Å²) in [7, 11) is 0. The SMILES string of the molecule is C[C@H]1C[C@H](O[C@H]2C=CC(=O)[C@@H](C)C2)C=CC1=O. The highest BCUT2D eigenvalue weighted by Crippen LogP contribution is 2.23. The molecular weight excluding hydrogens is 216 g/mol. The molecule has 0 amide bonds. The van der Waals surface area contributed by atoms with Crippen LogP contribution in [0.2, 0.25) is 0 Å². The van der Waals surface area contributed by atoms with Gasteiger partial charge >= 0.3 is 0 Å². The van der Waals surface area contributed by atoms with Crippen LogP contribution in [0.15, 0.2) is 24.3 Å². The van der Waals surface area contributed by atoms with E-state index in [1.807, 2.05) is 26.0 Å². The van der Waals surface area contributed by atoms with Gasteiger partial charge in [-0.25, -0.2) is 0 Å². The number of rotatable bonds is 2. The Morgan fingerprint density at radius 1 is 0.941 bits per heavy atom.